The minimum Gasteiger partial charge on any atom is -0.497 e. The largest absolute Gasteiger partial charge is 0.497 e. The fourth-order valence-electron chi connectivity index (χ4n) is 2.96. The van der Waals surface area contributed by atoms with E-state index >= 15 is 0 Å². The van der Waals surface area contributed by atoms with Crippen molar-refractivity contribution in [1.82, 2.24) is 0 Å². The molecule has 4 atom stereocenters. The number of ether oxygens (including phenoxy) is 2. The first-order valence-corrected chi connectivity index (χ1v) is 7.85. The number of ketones is 1. The fourth-order valence-corrected chi connectivity index (χ4v) is 2.96. The minimum atomic E-state index is -0.385. The van der Waals surface area contributed by atoms with Crippen LogP contribution in [0.15, 0.2) is 24.3 Å². The molecule has 1 saturated carbocycles. The maximum atomic E-state index is 12.4. The Hall–Kier alpha value is -1.35. The summed E-state index contributed by atoms with van der Waals surface area (Å²) in [5, 5.41) is 0. The molecule has 0 N–H and O–H groups in total. The van der Waals surface area contributed by atoms with E-state index in [0.29, 0.717) is 11.5 Å². The van der Waals surface area contributed by atoms with Crippen molar-refractivity contribution in [3.63, 3.8) is 0 Å². The first kappa shape index (κ1) is 16.0. The molecule has 0 aliphatic heterocycles. The van der Waals surface area contributed by atoms with Gasteiger partial charge >= 0.3 is 0 Å². The molecule has 116 valence electrons. The number of rotatable bonds is 5. The normalized spacial score (nSPS) is 27.1. The number of hydrogen-bond acceptors (Lipinski definition) is 3. The van der Waals surface area contributed by atoms with Gasteiger partial charge in [-0.25, -0.2) is 0 Å². The molecule has 1 aliphatic rings. The third-order valence-electron chi connectivity index (χ3n) is 4.69. The molecule has 0 spiro atoms. The quantitative estimate of drug-likeness (QED) is 0.766. The van der Waals surface area contributed by atoms with Gasteiger partial charge in [-0.2, -0.15) is 0 Å². The van der Waals surface area contributed by atoms with E-state index in [2.05, 4.69) is 13.8 Å². The number of Topliss-reactive ketones (excluding diaryl/α,β-unsaturated/α-hetero) is 1. The zero-order valence-corrected chi connectivity index (χ0v) is 13.5. The SMILES string of the molecule is COc1ccc(C(=O)C(C)OC2CCC(C)C(C)C2)cc1. The second-order valence-electron chi connectivity index (χ2n) is 6.26. The Bertz CT molecular complexity index is 466. The summed E-state index contributed by atoms with van der Waals surface area (Å²) in [6, 6.07) is 7.22. The number of benzene rings is 1. The molecule has 0 bridgehead atoms. The van der Waals surface area contributed by atoms with Gasteiger partial charge in [0.05, 0.1) is 13.2 Å². The Labute approximate surface area is 127 Å². The van der Waals surface area contributed by atoms with Gasteiger partial charge in [0.1, 0.15) is 11.9 Å². The van der Waals surface area contributed by atoms with Crippen LogP contribution in [0.2, 0.25) is 0 Å². The van der Waals surface area contributed by atoms with Gasteiger partial charge in [0.2, 0.25) is 0 Å². The number of methoxy groups -OCH3 is 1. The Morgan fingerprint density at radius 3 is 2.38 bits per heavy atom. The van der Waals surface area contributed by atoms with Gasteiger partial charge in [-0.05, 0) is 62.3 Å². The summed E-state index contributed by atoms with van der Waals surface area (Å²) in [6.07, 6.45) is 3.14. The lowest BCUT2D eigenvalue weighted by atomic mass is 9.80. The molecule has 3 nitrogen and oxygen atoms in total. The maximum absolute atomic E-state index is 12.4. The van der Waals surface area contributed by atoms with Crippen LogP contribution in [0.3, 0.4) is 0 Å². The van der Waals surface area contributed by atoms with Crippen LogP contribution in [0, 0.1) is 11.8 Å². The highest BCUT2D eigenvalue weighted by atomic mass is 16.5. The molecule has 0 amide bonds. The lowest BCUT2D eigenvalue weighted by Gasteiger charge is -2.33. The molecule has 3 heteroatoms. The Balaban J connectivity index is 1.92. The summed E-state index contributed by atoms with van der Waals surface area (Å²) in [7, 11) is 1.62. The lowest BCUT2D eigenvalue weighted by molar-refractivity contribution is -0.0287. The van der Waals surface area contributed by atoms with Gasteiger partial charge in [0.25, 0.3) is 0 Å². The Morgan fingerprint density at radius 2 is 1.81 bits per heavy atom. The van der Waals surface area contributed by atoms with Crippen LogP contribution >= 0.6 is 0 Å². The van der Waals surface area contributed by atoms with E-state index in [1.807, 2.05) is 19.1 Å². The van der Waals surface area contributed by atoms with Crippen molar-refractivity contribution in [2.24, 2.45) is 11.8 Å². The summed E-state index contributed by atoms with van der Waals surface area (Å²) in [6.45, 7) is 6.43. The van der Waals surface area contributed by atoms with E-state index in [-0.39, 0.29) is 18.0 Å². The monoisotopic (exact) mass is 290 g/mol. The highest BCUT2D eigenvalue weighted by molar-refractivity contribution is 5.99. The predicted molar refractivity (Wildman–Crippen MR) is 83.8 cm³/mol. The molecule has 21 heavy (non-hydrogen) atoms. The smallest absolute Gasteiger partial charge is 0.191 e. The van der Waals surface area contributed by atoms with Crippen LogP contribution < -0.4 is 4.74 Å². The fraction of sp³-hybridized carbons (Fsp3) is 0.611. The topological polar surface area (TPSA) is 35.5 Å². The molecule has 1 fully saturated rings. The molecule has 1 aromatic carbocycles. The third-order valence-corrected chi connectivity index (χ3v) is 4.69. The molecule has 2 rings (SSSR count). The Kier molecular flexibility index (Phi) is 5.40. The van der Waals surface area contributed by atoms with Crippen molar-refractivity contribution in [3.8, 4) is 5.75 Å². The van der Waals surface area contributed by atoms with E-state index in [9.17, 15) is 4.79 Å². The van der Waals surface area contributed by atoms with Crippen molar-refractivity contribution in [1.29, 1.82) is 0 Å². The first-order valence-electron chi connectivity index (χ1n) is 7.85. The van der Waals surface area contributed by atoms with E-state index in [0.717, 1.165) is 24.5 Å². The van der Waals surface area contributed by atoms with Crippen LogP contribution in [-0.4, -0.2) is 25.1 Å². The molecule has 0 heterocycles. The van der Waals surface area contributed by atoms with E-state index in [1.54, 1.807) is 19.2 Å². The van der Waals surface area contributed by atoms with E-state index in [1.165, 1.54) is 6.42 Å². The summed E-state index contributed by atoms with van der Waals surface area (Å²) in [4.78, 5) is 12.4. The zero-order valence-electron chi connectivity index (χ0n) is 13.5. The number of carbonyl (C=O) groups is 1. The van der Waals surface area contributed by atoms with Gasteiger partial charge < -0.3 is 9.47 Å². The zero-order chi connectivity index (χ0) is 15.4. The van der Waals surface area contributed by atoms with Crippen LogP contribution in [0.25, 0.3) is 0 Å². The van der Waals surface area contributed by atoms with Gasteiger partial charge in [0, 0.05) is 5.56 Å². The maximum Gasteiger partial charge on any atom is 0.191 e. The summed E-state index contributed by atoms with van der Waals surface area (Å²) in [5.74, 6) is 2.24. The van der Waals surface area contributed by atoms with Crippen molar-refractivity contribution in [2.75, 3.05) is 7.11 Å². The van der Waals surface area contributed by atoms with Crippen molar-refractivity contribution < 1.29 is 14.3 Å². The van der Waals surface area contributed by atoms with E-state index < -0.39 is 0 Å². The molecular formula is C18H26O3. The lowest BCUT2D eigenvalue weighted by Crippen LogP contribution is -2.32. The summed E-state index contributed by atoms with van der Waals surface area (Å²) >= 11 is 0. The summed E-state index contributed by atoms with van der Waals surface area (Å²) in [5.41, 5.74) is 0.681. The third kappa shape index (κ3) is 4.07. The molecule has 1 aromatic rings. The molecule has 4 unspecified atom stereocenters. The molecule has 0 aromatic heterocycles. The van der Waals surface area contributed by atoms with Gasteiger partial charge in [0.15, 0.2) is 5.78 Å². The molecule has 0 saturated heterocycles. The van der Waals surface area contributed by atoms with Crippen LogP contribution in [-0.2, 0) is 4.74 Å². The van der Waals surface area contributed by atoms with Crippen molar-refractivity contribution in [2.45, 2.75) is 52.2 Å². The summed E-state index contributed by atoms with van der Waals surface area (Å²) < 4.78 is 11.1. The number of carbonyl (C=O) groups excluding carboxylic acids is 1. The first-order chi connectivity index (χ1) is 10.0. The highest BCUT2D eigenvalue weighted by Gasteiger charge is 2.28. The number of hydrogen-bond donors (Lipinski definition) is 0. The molecule has 0 radical (unpaired) electrons. The van der Waals surface area contributed by atoms with Crippen molar-refractivity contribution >= 4 is 5.78 Å². The minimum absolute atomic E-state index is 0.0453. The van der Waals surface area contributed by atoms with Gasteiger partial charge in [-0.1, -0.05) is 13.8 Å². The second kappa shape index (κ2) is 7.08. The highest BCUT2D eigenvalue weighted by Crippen LogP contribution is 2.31. The van der Waals surface area contributed by atoms with Gasteiger partial charge in [-0.15, -0.1) is 0 Å². The van der Waals surface area contributed by atoms with Crippen LogP contribution in [0.5, 0.6) is 5.75 Å². The van der Waals surface area contributed by atoms with E-state index in [4.69, 9.17) is 9.47 Å². The van der Waals surface area contributed by atoms with Crippen molar-refractivity contribution in [3.05, 3.63) is 29.8 Å². The van der Waals surface area contributed by atoms with Gasteiger partial charge in [-0.3, -0.25) is 4.79 Å². The van der Waals surface area contributed by atoms with Crippen LogP contribution in [0.1, 0.15) is 50.4 Å². The standard InChI is InChI=1S/C18H26O3/c1-12-5-8-17(11-13(12)2)21-14(3)18(19)15-6-9-16(20-4)10-7-15/h6-7,9-10,12-14,17H,5,8,11H2,1-4H3. The average Bonchev–Trinajstić information content (AvgIpc) is 2.50. The Morgan fingerprint density at radius 1 is 1.14 bits per heavy atom. The second-order valence-corrected chi connectivity index (χ2v) is 6.26. The van der Waals surface area contributed by atoms with Crippen LogP contribution in [0.4, 0.5) is 0 Å². The average molecular weight is 290 g/mol. The molecule has 1 aliphatic carbocycles. The molecular weight excluding hydrogens is 264 g/mol. The predicted octanol–water partition coefficient (Wildman–Crippen LogP) is 4.11.